The molecule has 2 aromatic rings. The third kappa shape index (κ3) is 2.98. The predicted octanol–water partition coefficient (Wildman–Crippen LogP) is 3.74. The Morgan fingerprint density at radius 2 is 1.95 bits per heavy atom. The molecule has 0 saturated heterocycles. The molecule has 114 valence electrons. The lowest BCUT2D eigenvalue weighted by atomic mass is 9.99. The molecule has 3 nitrogen and oxygen atoms in total. The molecule has 0 radical (unpaired) electrons. The highest BCUT2D eigenvalue weighted by atomic mass is 16.5. The number of carbonyl (C=O) groups is 1. The SMILES string of the molecule is Cc1ccc2c(c1)CCCN2C(=O)C(C)Oc1ccccc1. The minimum atomic E-state index is -0.491. The first-order chi connectivity index (χ1) is 10.6. The Hall–Kier alpha value is -2.29. The van der Waals surface area contributed by atoms with Crippen LogP contribution in [0.1, 0.15) is 24.5 Å². The van der Waals surface area contributed by atoms with Gasteiger partial charge in [-0.2, -0.15) is 0 Å². The molecule has 22 heavy (non-hydrogen) atoms. The molecule has 3 heteroatoms. The van der Waals surface area contributed by atoms with Crippen LogP contribution in [0.3, 0.4) is 0 Å². The molecule has 0 spiro atoms. The van der Waals surface area contributed by atoms with Crippen LogP contribution in [0.2, 0.25) is 0 Å². The molecule has 3 rings (SSSR count). The van der Waals surface area contributed by atoms with Gasteiger partial charge in [0.1, 0.15) is 5.75 Å². The van der Waals surface area contributed by atoms with Crippen LogP contribution in [0, 0.1) is 6.92 Å². The number of aryl methyl sites for hydroxylation is 2. The first-order valence-corrected chi connectivity index (χ1v) is 7.78. The second-order valence-electron chi connectivity index (χ2n) is 5.80. The molecule has 1 aliphatic rings. The molecule has 1 heterocycles. The van der Waals surface area contributed by atoms with Crippen molar-refractivity contribution in [1.29, 1.82) is 0 Å². The zero-order valence-electron chi connectivity index (χ0n) is 13.1. The monoisotopic (exact) mass is 295 g/mol. The van der Waals surface area contributed by atoms with Crippen LogP contribution in [0.25, 0.3) is 0 Å². The van der Waals surface area contributed by atoms with Crippen molar-refractivity contribution in [3.05, 3.63) is 59.7 Å². The van der Waals surface area contributed by atoms with E-state index in [1.807, 2.05) is 42.2 Å². The van der Waals surface area contributed by atoms with Gasteiger partial charge in [0.15, 0.2) is 6.10 Å². The summed E-state index contributed by atoms with van der Waals surface area (Å²) in [5, 5.41) is 0. The lowest BCUT2D eigenvalue weighted by Crippen LogP contribution is -2.43. The van der Waals surface area contributed by atoms with Gasteiger partial charge in [-0.1, -0.05) is 35.9 Å². The maximum atomic E-state index is 12.8. The molecule has 1 amide bonds. The number of carbonyl (C=O) groups excluding carboxylic acids is 1. The topological polar surface area (TPSA) is 29.5 Å². The quantitative estimate of drug-likeness (QED) is 0.863. The third-order valence-electron chi connectivity index (χ3n) is 4.02. The second kappa shape index (κ2) is 6.22. The Kier molecular flexibility index (Phi) is 4.14. The molecule has 1 unspecified atom stereocenters. The van der Waals surface area contributed by atoms with Crippen molar-refractivity contribution in [1.82, 2.24) is 0 Å². The number of anilines is 1. The fourth-order valence-electron chi connectivity index (χ4n) is 2.93. The molecule has 0 bridgehead atoms. The molecule has 0 aliphatic carbocycles. The average molecular weight is 295 g/mol. The van der Waals surface area contributed by atoms with E-state index in [4.69, 9.17) is 4.74 Å². The minimum Gasteiger partial charge on any atom is -0.481 e. The molecular weight excluding hydrogens is 274 g/mol. The molecule has 0 fully saturated rings. The second-order valence-corrected chi connectivity index (χ2v) is 5.80. The van der Waals surface area contributed by atoms with Crippen molar-refractivity contribution in [3.63, 3.8) is 0 Å². The normalized spacial score (nSPS) is 15.1. The van der Waals surface area contributed by atoms with Gasteiger partial charge in [0.05, 0.1) is 0 Å². The van der Waals surface area contributed by atoms with E-state index in [-0.39, 0.29) is 5.91 Å². The van der Waals surface area contributed by atoms with E-state index in [2.05, 4.69) is 25.1 Å². The smallest absolute Gasteiger partial charge is 0.267 e. The van der Waals surface area contributed by atoms with Crippen LogP contribution in [0.15, 0.2) is 48.5 Å². The molecular formula is C19H21NO2. The fraction of sp³-hybridized carbons (Fsp3) is 0.316. The van der Waals surface area contributed by atoms with Crippen LogP contribution < -0.4 is 9.64 Å². The van der Waals surface area contributed by atoms with E-state index >= 15 is 0 Å². The van der Waals surface area contributed by atoms with Gasteiger partial charge in [-0.3, -0.25) is 4.79 Å². The lowest BCUT2D eigenvalue weighted by molar-refractivity contribution is -0.124. The number of hydrogen-bond donors (Lipinski definition) is 0. The summed E-state index contributed by atoms with van der Waals surface area (Å²) < 4.78 is 5.78. The highest BCUT2D eigenvalue weighted by molar-refractivity contribution is 5.97. The maximum absolute atomic E-state index is 12.8. The largest absolute Gasteiger partial charge is 0.481 e. The maximum Gasteiger partial charge on any atom is 0.267 e. The van der Waals surface area contributed by atoms with Crippen molar-refractivity contribution in [2.24, 2.45) is 0 Å². The Morgan fingerprint density at radius 1 is 1.18 bits per heavy atom. The lowest BCUT2D eigenvalue weighted by Gasteiger charge is -2.31. The van der Waals surface area contributed by atoms with E-state index in [0.717, 1.165) is 30.8 Å². The summed E-state index contributed by atoms with van der Waals surface area (Å²) in [7, 11) is 0. The first kappa shape index (κ1) is 14.6. The molecule has 2 aromatic carbocycles. The summed E-state index contributed by atoms with van der Waals surface area (Å²) in [5.41, 5.74) is 3.53. The van der Waals surface area contributed by atoms with Gasteiger partial charge >= 0.3 is 0 Å². The van der Waals surface area contributed by atoms with Crippen molar-refractivity contribution in [3.8, 4) is 5.75 Å². The summed E-state index contributed by atoms with van der Waals surface area (Å²) in [6.45, 7) is 4.66. The minimum absolute atomic E-state index is 0.0219. The van der Waals surface area contributed by atoms with Crippen LogP contribution >= 0.6 is 0 Å². The number of rotatable bonds is 3. The highest BCUT2D eigenvalue weighted by Gasteiger charge is 2.27. The van der Waals surface area contributed by atoms with Crippen LogP contribution in [0.5, 0.6) is 5.75 Å². The van der Waals surface area contributed by atoms with Crippen LogP contribution in [-0.2, 0) is 11.2 Å². The van der Waals surface area contributed by atoms with Gasteiger partial charge < -0.3 is 9.64 Å². The number of ether oxygens (including phenoxy) is 1. The molecule has 1 aliphatic heterocycles. The van der Waals surface area contributed by atoms with Crippen molar-refractivity contribution >= 4 is 11.6 Å². The van der Waals surface area contributed by atoms with Gasteiger partial charge in [-0.15, -0.1) is 0 Å². The van der Waals surface area contributed by atoms with Gasteiger partial charge in [0.25, 0.3) is 5.91 Å². The van der Waals surface area contributed by atoms with Crippen molar-refractivity contribution in [2.75, 3.05) is 11.4 Å². The van der Waals surface area contributed by atoms with Gasteiger partial charge in [-0.05, 0) is 50.5 Å². The number of fused-ring (bicyclic) bond motifs is 1. The Morgan fingerprint density at radius 3 is 2.73 bits per heavy atom. The number of para-hydroxylation sites is 1. The standard InChI is InChI=1S/C19H21NO2/c1-14-10-11-18-16(13-14)7-6-12-20(18)19(21)15(2)22-17-8-4-3-5-9-17/h3-5,8-11,13,15H,6-7,12H2,1-2H3. The molecule has 0 N–H and O–H groups in total. The van der Waals surface area contributed by atoms with Crippen molar-refractivity contribution in [2.45, 2.75) is 32.8 Å². The van der Waals surface area contributed by atoms with Crippen molar-refractivity contribution < 1.29 is 9.53 Å². The average Bonchev–Trinajstić information content (AvgIpc) is 2.54. The van der Waals surface area contributed by atoms with E-state index < -0.39 is 6.10 Å². The van der Waals surface area contributed by atoms with Crippen LogP contribution in [0.4, 0.5) is 5.69 Å². The third-order valence-corrected chi connectivity index (χ3v) is 4.02. The van der Waals surface area contributed by atoms with Gasteiger partial charge in [-0.25, -0.2) is 0 Å². The summed E-state index contributed by atoms with van der Waals surface area (Å²) in [4.78, 5) is 14.6. The zero-order chi connectivity index (χ0) is 15.5. The molecule has 0 aromatic heterocycles. The Bertz CT molecular complexity index is 666. The summed E-state index contributed by atoms with van der Waals surface area (Å²) in [6.07, 6.45) is 1.55. The van der Waals surface area contributed by atoms with E-state index in [9.17, 15) is 4.79 Å². The predicted molar refractivity (Wildman–Crippen MR) is 88.4 cm³/mol. The molecule has 1 atom stereocenters. The van der Waals surface area contributed by atoms with E-state index in [1.165, 1.54) is 11.1 Å². The number of hydrogen-bond acceptors (Lipinski definition) is 2. The summed E-state index contributed by atoms with van der Waals surface area (Å²) in [5.74, 6) is 0.748. The highest BCUT2D eigenvalue weighted by Crippen LogP contribution is 2.29. The Labute approximate surface area is 131 Å². The van der Waals surface area contributed by atoms with E-state index in [1.54, 1.807) is 0 Å². The number of benzene rings is 2. The van der Waals surface area contributed by atoms with Crippen LogP contribution in [-0.4, -0.2) is 18.6 Å². The Balaban J connectivity index is 1.78. The zero-order valence-corrected chi connectivity index (χ0v) is 13.1. The number of nitrogens with zero attached hydrogens (tertiary/aromatic N) is 1. The fourth-order valence-corrected chi connectivity index (χ4v) is 2.93. The summed E-state index contributed by atoms with van der Waals surface area (Å²) >= 11 is 0. The summed E-state index contributed by atoms with van der Waals surface area (Å²) in [6, 6.07) is 15.8. The van der Waals surface area contributed by atoms with E-state index in [0.29, 0.717) is 0 Å². The van der Waals surface area contributed by atoms with Gasteiger partial charge in [0.2, 0.25) is 0 Å². The number of amides is 1. The molecule has 0 saturated carbocycles. The van der Waals surface area contributed by atoms with Gasteiger partial charge in [0, 0.05) is 12.2 Å². The first-order valence-electron chi connectivity index (χ1n) is 7.78.